The summed E-state index contributed by atoms with van der Waals surface area (Å²) in [6, 6.07) is 17.4. The Balaban J connectivity index is 2.25. The van der Waals surface area contributed by atoms with Gasteiger partial charge in [0.15, 0.2) is 0 Å². The zero-order chi connectivity index (χ0) is 15.1. The fraction of sp³-hybridized carbons (Fsp3) is 0.278. The second kappa shape index (κ2) is 7.48. The molecule has 2 aromatic carbocycles. The van der Waals surface area contributed by atoms with Crippen LogP contribution in [0.3, 0.4) is 0 Å². The van der Waals surface area contributed by atoms with Crippen molar-refractivity contribution < 1.29 is 9.90 Å². The molecule has 21 heavy (non-hydrogen) atoms. The van der Waals surface area contributed by atoms with E-state index >= 15 is 0 Å². The molecule has 0 unspecified atom stereocenters. The van der Waals surface area contributed by atoms with Crippen LogP contribution in [0.5, 0.6) is 0 Å². The zero-order valence-electron chi connectivity index (χ0n) is 12.3. The van der Waals surface area contributed by atoms with Crippen molar-refractivity contribution in [3.63, 3.8) is 0 Å². The van der Waals surface area contributed by atoms with E-state index in [1.54, 1.807) is 12.1 Å². The van der Waals surface area contributed by atoms with Gasteiger partial charge in [0, 0.05) is 18.8 Å². The first kappa shape index (κ1) is 15.1. The molecule has 110 valence electrons. The SMILES string of the molecule is CCCCN(Cc1ccccc1C(=O)O)c1ccccc1. The van der Waals surface area contributed by atoms with Gasteiger partial charge in [-0.1, -0.05) is 49.7 Å². The number of hydrogen-bond acceptors (Lipinski definition) is 2. The summed E-state index contributed by atoms with van der Waals surface area (Å²) >= 11 is 0. The fourth-order valence-corrected chi connectivity index (χ4v) is 2.36. The fourth-order valence-electron chi connectivity index (χ4n) is 2.36. The lowest BCUT2D eigenvalue weighted by Crippen LogP contribution is -2.24. The molecule has 0 saturated carbocycles. The predicted octanol–water partition coefficient (Wildman–Crippen LogP) is 4.19. The van der Waals surface area contributed by atoms with E-state index in [1.807, 2.05) is 30.3 Å². The summed E-state index contributed by atoms with van der Waals surface area (Å²) in [7, 11) is 0. The van der Waals surface area contributed by atoms with Crippen LogP contribution in [0.15, 0.2) is 54.6 Å². The summed E-state index contributed by atoms with van der Waals surface area (Å²) in [5, 5.41) is 9.31. The molecule has 0 fully saturated rings. The van der Waals surface area contributed by atoms with Crippen LogP contribution < -0.4 is 4.90 Å². The van der Waals surface area contributed by atoms with E-state index in [4.69, 9.17) is 0 Å². The van der Waals surface area contributed by atoms with Gasteiger partial charge in [-0.05, 0) is 30.2 Å². The molecular weight excluding hydrogens is 262 g/mol. The summed E-state index contributed by atoms with van der Waals surface area (Å²) in [5.74, 6) is -0.867. The third-order valence-corrected chi connectivity index (χ3v) is 3.51. The third-order valence-electron chi connectivity index (χ3n) is 3.51. The maximum absolute atomic E-state index is 11.3. The molecule has 0 atom stereocenters. The Labute approximate surface area is 125 Å². The van der Waals surface area contributed by atoms with E-state index in [1.165, 1.54) is 0 Å². The predicted molar refractivity (Wildman–Crippen MR) is 85.8 cm³/mol. The van der Waals surface area contributed by atoms with Crippen LogP contribution in [-0.2, 0) is 6.54 Å². The number of carbonyl (C=O) groups is 1. The second-order valence-corrected chi connectivity index (χ2v) is 5.07. The van der Waals surface area contributed by atoms with Gasteiger partial charge in [-0.25, -0.2) is 4.79 Å². The molecule has 0 amide bonds. The molecule has 0 heterocycles. The van der Waals surface area contributed by atoms with Crippen LogP contribution in [0.25, 0.3) is 0 Å². The number of carboxylic acid groups (broad SMARTS) is 1. The largest absolute Gasteiger partial charge is 0.478 e. The molecule has 3 heteroatoms. The Bertz CT molecular complexity index is 581. The van der Waals surface area contributed by atoms with Gasteiger partial charge in [0.1, 0.15) is 0 Å². The number of carboxylic acids is 1. The Morgan fingerprint density at radius 1 is 1.05 bits per heavy atom. The van der Waals surface area contributed by atoms with Crippen LogP contribution in [0, 0.1) is 0 Å². The van der Waals surface area contributed by atoms with Crippen LogP contribution in [0.1, 0.15) is 35.7 Å². The molecule has 0 radical (unpaired) electrons. The van der Waals surface area contributed by atoms with E-state index in [2.05, 4.69) is 24.0 Å². The number of benzene rings is 2. The maximum Gasteiger partial charge on any atom is 0.336 e. The number of hydrogen-bond donors (Lipinski definition) is 1. The van der Waals surface area contributed by atoms with Crippen molar-refractivity contribution in [1.29, 1.82) is 0 Å². The molecule has 0 spiro atoms. The zero-order valence-corrected chi connectivity index (χ0v) is 12.3. The summed E-state index contributed by atoms with van der Waals surface area (Å²) in [6.45, 7) is 3.70. The van der Waals surface area contributed by atoms with Crippen LogP contribution >= 0.6 is 0 Å². The van der Waals surface area contributed by atoms with Crippen molar-refractivity contribution in [2.45, 2.75) is 26.3 Å². The van der Waals surface area contributed by atoms with Crippen molar-refractivity contribution in [3.05, 3.63) is 65.7 Å². The van der Waals surface area contributed by atoms with Gasteiger partial charge in [-0.2, -0.15) is 0 Å². The highest BCUT2D eigenvalue weighted by atomic mass is 16.4. The summed E-state index contributed by atoms with van der Waals surface area (Å²) in [6.07, 6.45) is 2.20. The molecule has 2 rings (SSSR count). The number of unbranched alkanes of at least 4 members (excludes halogenated alkanes) is 1. The van der Waals surface area contributed by atoms with E-state index in [-0.39, 0.29) is 0 Å². The summed E-state index contributed by atoms with van der Waals surface area (Å²) in [5.41, 5.74) is 2.37. The molecule has 0 saturated heterocycles. The lowest BCUT2D eigenvalue weighted by molar-refractivity contribution is 0.0695. The van der Waals surface area contributed by atoms with Crippen molar-refractivity contribution in [2.24, 2.45) is 0 Å². The number of para-hydroxylation sites is 1. The Kier molecular flexibility index (Phi) is 5.38. The molecule has 0 aliphatic heterocycles. The Morgan fingerprint density at radius 3 is 2.38 bits per heavy atom. The van der Waals surface area contributed by atoms with E-state index < -0.39 is 5.97 Å². The molecule has 1 N–H and O–H groups in total. The quantitative estimate of drug-likeness (QED) is 0.828. The molecule has 0 aliphatic carbocycles. The lowest BCUT2D eigenvalue weighted by atomic mass is 10.1. The van der Waals surface area contributed by atoms with Crippen molar-refractivity contribution in [2.75, 3.05) is 11.4 Å². The van der Waals surface area contributed by atoms with Crippen molar-refractivity contribution in [3.8, 4) is 0 Å². The molecule has 2 aromatic rings. The highest BCUT2D eigenvalue weighted by molar-refractivity contribution is 5.89. The highest BCUT2D eigenvalue weighted by Gasteiger charge is 2.13. The number of anilines is 1. The van der Waals surface area contributed by atoms with Crippen LogP contribution in [0.4, 0.5) is 5.69 Å². The average Bonchev–Trinajstić information content (AvgIpc) is 2.52. The normalized spacial score (nSPS) is 10.3. The van der Waals surface area contributed by atoms with Crippen molar-refractivity contribution >= 4 is 11.7 Å². The minimum atomic E-state index is -0.867. The van der Waals surface area contributed by atoms with Crippen molar-refractivity contribution in [1.82, 2.24) is 0 Å². The highest BCUT2D eigenvalue weighted by Crippen LogP contribution is 2.19. The van der Waals surface area contributed by atoms with Gasteiger partial charge >= 0.3 is 5.97 Å². The van der Waals surface area contributed by atoms with E-state index in [9.17, 15) is 9.90 Å². The standard InChI is InChI=1S/C18H21NO2/c1-2-3-13-19(16-10-5-4-6-11-16)14-15-9-7-8-12-17(15)18(20)21/h4-12H,2-3,13-14H2,1H3,(H,20,21). The Morgan fingerprint density at radius 2 is 1.71 bits per heavy atom. The first-order valence-corrected chi connectivity index (χ1v) is 7.33. The second-order valence-electron chi connectivity index (χ2n) is 5.07. The number of nitrogens with zero attached hydrogens (tertiary/aromatic N) is 1. The molecule has 0 bridgehead atoms. The van der Waals surface area contributed by atoms with Crippen LogP contribution in [-0.4, -0.2) is 17.6 Å². The number of rotatable bonds is 7. The first-order chi connectivity index (χ1) is 10.2. The lowest BCUT2D eigenvalue weighted by Gasteiger charge is -2.25. The molecule has 3 nitrogen and oxygen atoms in total. The molecule has 0 aromatic heterocycles. The first-order valence-electron chi connectivity index (χ1n) is 7.33. The van der Waals surface area contributed by atoms with Gasteiger partial charge in [0.2, 0.25) is 0 Å². The van der Waals surface area contributed by atoms with Gasteiger partial charge in [-0.3, -0.25) is 0 Å². The van der Waals surface area contributed by atoms with Gasteiger partial charge in [-0.15, -0.1) is 0 Å². The minimum Gasteiger partial charge on any atom is -0.478 e. The van der Waals surface area contributed by atoms with Gasteiger partial charge in [0.05, 0.1) is 5.56 Å². The molecule has 0 aliphatic rings. The average molecular weight is 283 g/mol. The number of aromatic carboxylic acids is 1. The smallest absolute Gasteiger partial charge is 0.336 e. The van der Waals surface area contributed by atoms with E-state index in [0.29, 0.717) is 12.1 Å². The maximum atomic E-state index is 11.3. The van der Waals surface area contributed by atoms with Gasteiger partial charge in [0.25, 0.3) is 0 Å². The molecular formula is C18H21NO2. The van der Waals surface area contributed by atoms with E-state index in [0.717, 1.165) is 30.6 Å². The summed E-state index contributed by atoms with van der Waals surface area (Å²) in [4.78, 5) is 13.6. The topological polar surface area (TPSA) is 40.5 Å². The third kappa shape index (κ3) is 4.09. The Hall–Kier alpha value is -2.29. The van der Waals surface area contributed by atoms with Crippen LogP contribution in [0.2, 0.25) is 0 Å². The summed E-state index contributed by atoms with van der Waals surface area (Å²) < 4.78 is 0. The minimum absolute atomic E-state index is 0.384. The van der Waals surface area contributed by atoms with Gasteiger partial charge < -0.3 is 10.0 Å². The monoisotopic (exact) mass is 283 g/mol.